The Morgan fingerprint density at radius 2 is 0.902 bits per heavy atom. The molecule has 0 aliphatic rings. The van der Waals surface area contributed by atoms with Crippen LogP contribution >= 0.6 is 0 Å². The Bertz CT molecular complexity index is 1180. The molecule has 3 unspecified atom stereocenters. The van der Waals surface area contributed by atoms with Crippen molar-refractivity contribution in [3.63, 3.8) is 0 Å². The normalized spacial score (nSPS) is 14.0. The monoisotopic (exact) mass is 850 g/mol. The first-order valence-corrected chi connectivity index (χ1v) is 25.3. The van der Waals surface area contributed by atoms with E-state index >= 15 is 0 Å². The maximum absolute atomic E-state index is 13.2. The van der Waals surface area contributed by atoms with E-state index < -0.39 is 18.2 Å². The Kier molecular flexibility index (Phi) is 45.7. The third kappa shape index (κ3) is 43.5. The smallest absolute Gasteiger partial charge is 0.306 e. The largest absolute Gasteiger partial charge is 0.462 e. The number of amides is 1. The summed E-state index contributed by atoms with van der Waals surface area (Å²) < 4.78 is 5.88. The van der Waals surface area contributed by atoms with Crippen LogP contribution < -0.4 is 5.32 Å². The molecule has 0 spiro atoms. The number of allylic oxidation sites excluding steroid dienone is 14. The van der Waals surface area contributed by atoms with Crippen molar-refractivity contribution in [2.75, 3.05) is 6.61 Å². The number of carbonyl (C=O) groups is 2. The molecule has 0 aromatic carbocycles. The van der Waals surface area contributed by atoms with E-state index in [1.807, 2.05) is 0 Å². The second-order valence-electron chi connectivity index (χ2n) is 16.9. The van der Waals surface area contributed by atoms with Crippen molar-refractivity contribution >= 4 is 11.9 Å². The van der Waals surface area contributed by atoms with Crippen LogP contribution in [0.3, 0.4) is 0 Å². The summed E-state index contributed by atoms with van der Waals surface area (Å²) in [4.78, 5) is 26.1. The zero-order chi connectivity index (χ0) is 44.5. The molecule has 3 N–H and O–H groups in total. The topological polar surface area (TPSA) is 95.9 Å². The lowest BCUT2D eigenvalue weighted by atomic mass is 10.0. The first kappa shape index (κ1) is 58.0. The van der Waals surface area contributed by atoms with Crippen LogP contribution in [-0.4, -0.2) is 46.9 Å². The minimum Gasteiger partial charge on any atom is -0.462 e. The van der Waals surface area contributed by atoms with Gasteiger partial charge in [-0.1, -0.05) is 209 Å². The van der Waals surface area contributed by atoms with Crippen molar-refractivity contribution in [2.24, 2.45) is 0 Å². The summed E-state index contributed by atoms with van der Waals surface area (Å²) in [5.41, 5.74) is 0. The fraction of sp³-hybridized carbons (Fsp3) is 0.709. The average molecular weight is 850 g/mol. The Balaban J connectivity index is 4.77. The van der Waals surface area contributed by atoms with Gasteiger partial charge in [0.15, 0.2) is 0 Å². The summed E-state index contributed by atoms with van der Waals surface area (Å²) in [6.07, 6.45) is 62.2. The maximum atomic E-state index is 13.2. The van der Waals surface area contributed by atoms with E-state index in [1.54, 1.807) is 0 Å². The lowest BCUT2D eigenvalue weighted by Gasteiger charge is -2.24. The van der Waals surface area contributed by atoms with Gasteiger partial charge in [-0.25, -0.2) is 0 Å². The number of aliphatic hydroxyl groups is 2. The van der Waals surface area contributed by atoms with Gasteiger partial charge in [-0.05, 0) is 89.9 Å². The van der Waals surface area contributed by atoms with E-state index in [1.165, 1.54) is 96.3 Å². The van der Waals surface area contributed by atoms with Crippen molar-refractivity contribution < 1.29 is 24.5 Å². The van der Waals surface area contributed by atoms with Crippen LogP contribution in [0.2, 0.25) is 0 Å². The lowest BCUT2D eigenvalue weighted by molar-refractivity contribution is -0.151. The summed E-state index contributed by atoms with van der Waals surface area (Å²) in [5.74, 6) is -0.581. The summed E-state index contributed by atoms with van der Waals surface area (Å²) in [5, 5.41) is 23.6. The van der Waals surface area contributed by atoms with Gasteiger partial charge in [0.2, 0.25) is 5.91 Å². The Morgan fingerprint density at radius 3 is 1.44 bits per heavy atom. The standard InChI is InChI=1S/C55H95NO5/c1-4-7-10-13-16-19-21-23-25-27-29-31-33-36-39-42-45-48-55(60)61-51(46-43-40-37-35-32-30-28-26-24-22-20-17-14-11-8-5-2)49-54(59)56-52(50-57)53(58)47-44-41-38-34-18-15-12-9-6-3/h16,19,22-26,28-32,36,39,51-53,57-58H,4-15,17-18,20-21,27,33-35,37-38,40-50H2,1-3H3,(H,56,59)/b19-16-,24-22+,25-23-,28-26+,31-29-,32-30+,39-36-. The Hall–Kier alpha value is -2.96. The quantitative estimate of drug-likeness (QED) is 0.0246. The van der Waals surface area contributed by atoms with E-state index in [-0.39, 0.29) is 24.9 Å². The number of hydrogen-bond acceptors (Lipinski definition) is 5. The van der Waals surface area contributed by atoms with Gasteiger partial charge in [0.25, 0.3) is 0 Å². The van der Waals surface area contributed by atoms with E-state index in [9.17, 15) is 19.8 Å². The molecule has 6 nitrogen and oxygen atoms in total. The molecule has 0 bridgehead atoms. The van der Waals surface area contributed by atoms with Crippen LogP contribution in [0.25, 0.3) is 0 Å². The molecule has 0 aliphatic carbocycles. The van der Waals surface area contributed by atoms with Gasteiger partial charge >= 0.3 is 5.97 Å². The minimum absolute atomic E-state index is 0.0289. The predicted octanol–water partition coefficient (Wildman–Crippen LogP) is 15.2. The molecular weight excluding hydrogens is 755 g/mol. The summed E-state index contributed by atoms with van der Waals surface area (Å²) in [7, 11) is 0. The van der Waals surface area contributed by atoms with Gasteiger partial charge in [-0.15, -0.1) is 0 Å². The van der Waals surface area contributed by atoms with Gasteiger partial charge in [0, 0.05) is 6.42 Å². The van der Waals surface area contributed by atoms with E-state index in [2.05, 4.69) is 111 Å². The number of aliphatic hydroxyl groups excluding tert-OH is 2. The molecule has 0 saturated carbocycles. The highest BCUT2D eigenvalue weighted by Gasteiger charge is 2.24. The van der Waals surface area contributed by atoms with Crippen molar-refractivity contribution in [2.45, 2.75) is 244 Å². The second-order valence-corrected chi connectivity index (χ2v) is 16.9. The molecule has 0 radical (unpaired) electrons. The third-order valence-corrected chi connectivity index (χ3v) is 11.0. The molecule has 6 heteroatoms. The molecule has 0 aromatic heterocycles. The predicted molar refractivity (Wildman–Crippen MR) is 264 cm³/mol. The highest BCUT2D eigenvalue weighted by Crippen LogP contribution is 2.16. The molecule has 350 valence electrons. The van der Waals surface area contributed by atoms with Gasteiger partial charge < -0.3 is 20.3 Å². The fourth-order valence-electron chi connectivity index (χ4n) is 7.13. The Morgan fingerprint density at radius 1 is 0.492 bits per heavy atom. The number of esters is 1. The minimum atomic E-state index is -0.809. The molecule has 0 fully saturated rings. The van der Waals surface area contributed by atoms with E-state index in [4.69, 9.17) is 4.74 Å². The van der Waals surface area contributed by atoms with Gasteiger partial charge in [-0.2, -0.15) is 0 Å². The van der Waals surface area contributed by atoms with Gasteiger partial charge in [0.05, 0.1) is 25.2 Å². The van der Waals surface area contributed by atoms with Crippen LogP contribution in [0, 0.1) is 0 Å². The van der Waals surface area contributed by atoms with Crippen molar-refractivity contribution in [3.8, 4) is 0 Å². The Labute approximate surface area is 376 Å². The van der Waals surface area contributed by atoms with Crippen LogP contribution in [0.1, 0.15) is 226 Å². The van der Waals surface area contributed by atoms with Crippen LogP contribution in [0.15, 0.2) is 85.1 Å². The van der Waals surface area contributed by atoms with Crippen molar-refractivity contribution in [3.05, 3.63) is 85.1 Å². The first-order chi connectivity index (χ1) is 30.0. The number of carbonyl (C=O) groups excluding carboxylic acids is 2. The van der Waals surface area contributed by atoms with Gasteiger partial charge in [0.1, 0.15) is 6.10 Å². The summed E-state index contributed by atoms with van der Waals surface area (Å²) in [6, 6.07) is -0.727. The number of rotatable bonds is 44. The highest BCUT2D eigenvalue weighted by atomic mass is 16.5. The zero-order valence-corrected chi connectivity index (χ0v) is 39.8. The first-order valence-electron chi connectivity index (χ1n) is 25.3. The lowest BCUT2D eigenvalue weighted by Crippen LogP contribution is -2.46. The van der Waals surface area contributed by atoms with Crippen LogP contribution in [-0.2, 0) is 14.3 Å². The van der Waals surface area contributed by atoms with Crippen molar-refractivity contribution in [1.82, 2.24) is 5.32 Å². The fourth-order valence-corrected chi connectivity index (χ4v) is 7.13. The number of ether oxygens (including phenoxy) is 1. The van der Waals surface area contributed by atoms with Gasteiger partial charge in [-0.3, -0.25) is 9.59 Å². The molecule has 0 aromatic rings. The summed E-state index contributed by atoms with van der Waals surface area (Å²) in [6.45, 7) is 6.39. The molecule has 3 atom stereocenters. The molecule has 0 heterocycles. The molecule has 0 aliphatic heterocycles. The molecular formula is C55H95NO5. The van der Waals surface area contributed by atoms with Crippen LogP contribution in [0.4, 0.5) is 0 Å². The zero-order valence-electron chi connectivity index (χ0n) is 39.8. The van der Waals surface area contributed by atoms with E-state index in [0.717, 1.165) is 77.0 Å². The number of nitrogens with one attached hydrogen (secondary N) is 1. The number of hydrogen-bond donors (Lipinski definition) is 3. The summed E-state index contributed by atoms with van der Waals surface area (Å²) >= 11 is 0. The molecule has 61 heavy (non-hydrogen) atoms. The maximum Gasteiger partial charge on any atom is 0.306 e. The molecule has 0 saturated heterocycles. The average Bonchev–Trinajstić information content (AvgIpc) is 3.25. The number of unbranched alkanes of at least 4 members (excludes halogenated alkanes) is 20. The molecule has 1 amide bonds. The molecule has 0 rings (SSSR count). The SMILES string of the molecule is CCCCC/C=C\C/C=C\C/C=C\C/C=C\CCCC(=O)OC(CCCCC/C=C/C=C/C=C/CCCCCCC)CC(=O)NC(CO)C(O)CCCCCCCCCCC. The highest BCUT2D eigenvalue weighted by molar-refractivity contribution is 5.77. The van der Waals surface area contributed by atoms with E-state index in [0.29, 0.717) is 25.7 Å². The van der Waals surface area contributed by atoms with Crippen LogP contribution in [0.5, 0.6) is 0 Å². The third-order valence-electron chi connectivity index (χ3n) is 11.0. The van der Waals surface area contributed by atoms with Crippen molar-refractivity contribution in [1.29, 1.82) is 0 Å². The second kappa shape index (κ2) is 48.1.